The third-order valence-corrected chi connectivity index (χ3v) is 3.67. The molecule has 0 spiro atoms. The van der Waals surface area contributed by atoms with Crippen LogP contribution >= 0.6 is 0 Å². The van der Waals surface area contributed by atoms with Crippen molar-refractivity contribution in [2.75, 3.05) is 19.7 Å². The zero-order valence-corrected chi connectivity index (χ0v) is 11.9. The van der Waals surface area contributed by atoms with Crippen molar-refractivity contribution in [2.24, 2.45) is 5.92 Å². The quantitative estimate of drug-likeness (QED) is 0.611. The first-order chi connectivity index (χ1) is 9.72. The van der Waals surface area contributed by atoms with Gasteiger partial charge >= 0.3 is 5.97 Å². The molecule has 108 valence electrons. The lowest BCUT2D eigenvalue weighted by atomic mass is 9.98. The molecule has 1 aliphatic heterocycles. The van der Waals surface area contributed by atoms with Gasteiger partial charge in [-0.2, -0.15) is 0 Å². The molecule has 20 heavy (non-hydrogen) atoms. The van der Waals surface area contributed by atoms with E-state index in [9.17, 15) is 9.59 Å². The van der Waals surface area contributed by atoms with Crippen LogP contribution in [0, 0.1) is 5.92 Å². The van der Waals surface area contributed by atoms with Crippen molar-refractivity contribution in [3.05, 3.63) is 35.4 Å². The Morgan fingerprint density at radius 3 is 2.80 bits per heavy atom. The fraction of sp³-hybridized carbons (Fsp3) is 0.500. The molecule has 4 nitrogen and oxygen atoms in total. The maximum Gasteiger partial charge on any atom is 0.338 e. The molecule has 0 aromatic heterocycles. The second kappa shape index (κ2) is 7.20. The molecule has 0 saturated carbocycles. The van der Waals surface area contributed by atoms with Gasteiger partial charge in [-0.3, -0.25) is 4.90 Å². The molecule has 1 heterocycles. The normalized spacial score (nSPS) is 16.9. The summed E-state index contributed by atoms with van der Waals surface area (Å²) >= 11 is 0. The summed E-state index contributed by atoms with van der Waals surface area (Å²) < 4.78 is 5.01. The number of hydrogen-bond donors (Lipinski definition) is 0. The Hall–Kier alpha value is -1.68. The molecule has 0 aliphatic carbocycles. The van der Waals surface area contributed by atoms with Crippen molar-refractivity contribution in [3.63, 3.8) is 0 Å². The van der Waals surface area contributed by atoms with Crippen LogP contribution in [0.2, 0.25) is 0 Å². The van der Waals surface area contributed by atoms with E-state index in [1.165, 1.54) is 0 Å². The summed E-state index contributed by atoms with van der Waals surface area (Å²) in [6.07, 6.45) is 2.93. The van der Waals surface area contributed by atoms with Gasteiger partial charge in [0.1, 0.15) is 6.29 Å². The summed E-state index contributed by atoms with van der Waals surface area (Å²) in [4.78, 5) is 24.8. The standard InChI is InChI=1S/C16H21NO3/c1-2-20-16(19)15-5-3-4-14(10-15)11-17-8-6-13(12-18)7-9-17/h3-5,10,12-13H,2,6-9,11H2,1H3. The highest BCUT2D eigenvalue weighted by Gasteiger charge is 2.18. The summed E-state index contributed by atoms with van der Waals surface area (Å²) in [7, 11) is 0. The molecule has 0 amide bonds. The zero-order valence-electron chi connectivity index (χ0n) is 11.9. The predicted molar refractivity (Wildman–Crippen MR) is 76.5 cm³/mol. The number of esters is 1. The van der Waals surface area contributed by atoms with E-state index in [2.05, 4.69) is 4.90 Å². The number of ether oxygens (including phenoxy) is 1. The van der Waals surface area contributed by atoms with Gasteiger partial charge in [-0.25, -0.2) is 4.79 Å². The van der Waals surface area contributed by atoms with Crippen molar-refractivity contribution in [3.8, 4) is 0 Å². The molecule has 1 saturated heterocycles. The summed E-state index contributed by atoms with van der Waals surface area (Å²) in [5.74, 6) is -0.0499. The molecule has 0 unspecified atom stereocenters. The van der Waals surface area contributed by atoms with Crippen molar-refractivity contribution in [1.29, 1.82) is 0 Å². The Balaban J connectivity index is 1.94. The molecule has 0 bridgehead atoms. The fourth-order valence-electron chi connectivity index (χ4n) is 2.52. The van der Waals surface area contributed by atoms with Crippen LogP contribution in [0.4, 0.5) is 0 Å². The van der Waals surface area contributed by atoms with Gasteiger partial charge in [-0.1, -0.05) is 12.1 Å². The molecular weight excluding hydrogens is 254 g/mol. The van der Waals surface area contributed by atoms with Crippen LogP contribution < -0.4 is 0 Å². The molecule has 1 aliphatic rings. The number of hydrogen-bond acceptors (Lipinski definition) is 4. The Kier molecular flexibility index (Phi) is 5.30. The van der Waals surface area contributed by atoms with E-state index in [0.717, 1.165) is 44.3 Å². The minimum atomic E-state index is -0.269. The number of carbonyl (C=O) groups excluding carboxylic acids is 2. The van der Waals surface area contributed by atoms with Crippen molar-refractivity contribution in [1.82, 2.24) is 4.90 Å². The third kappa shape index (κ3) is 3.90. The van der Waals surface area contributed by atoms with E-state index in [1.807, 2.05) is 18.2 Å². The van der Waals surface area contributed by atoms with Crippen molar-refractivity contribution < 1.29 is 14.3 Å². The highest BCUT2D eigenvalue weighted by atomic mass is 16.5. The smallest absolute Gasteiger partial charge is 0.338 e. The van der Waals surface area contributed by atoms with Crippen LogP contribution in [-0.2, 0) is 16.1 Å². The maximum absolute atomic E-state index is 11.7. The summed E-state index contributed by atoms with van der Waals surface area (Å²) in [6.45, 7) is 4.89. The lowest BCUT2D eigenvalue weighted by molar-refractivity contribution is -0.112. The Labute approximate surface area is 119 Å². The average Bonchev–Trinajstić information content (AvgIpc) is 2.48. The van der Waals surface area contributed by atoms with E-state index >= 15 is 0 Å². The van der Waals surface area contributed by atoms with E-state index in [0.29, 0.717) is 12.2 Å². The van der Waals surface area contributed by atoms with Gasteiger partial charge in [0, 0.05) is 12.5 Å². The van der Waals surface area contributed by atoms with Crippen LogP contribution in [0.3, 0.4) is 0 Å². The van der Waals surface area contributed by atoms with Gasteiger partial charge in [0.05, 0.1) is 12.2 Å². The highest BCUT2D eigenvalue weighted by molar-refractivity contribution is 5.89. The first-order valence-electron chi connectivity index (χ1n) is 7.16. The SMILES string of the molecule is CCOC(=O)c1cccc(CN2CCC(C=O)CC2)c1. The molecule has 1 aromatic rings. The minimum absolute atomic E-state index is 0.220. The lowest BCUT2D eigenvalue weighted by Crippen LogP contribution is -2.33. The lowest BCUT2D eigenvalue weighted by Gasteiger charge is -2.29. The van der Waals surface area contributed by atoms with E-state index in [4.69, 9.17) is 4.74 Å². The summed E-state index contributed by atoms with van der Waals surface area (Å²) in [5.41, 5.74) is 1.72. The number of nitrogens with zero attached hydrogens (tertiary/aromatic N) is 1. The maximum atomic E-state index is 11.7. The summed E-state index contributed by atoms with van der Waals surface area (Å²) in [5, 5.41) is 0. The van der Waals surface area contributed by atoms with Crippen LogP contribution in [0.25, 0.3) is 0 Å². The first-order valence-corrected chi connectivity index (χ1v) is 7.16. The highest BCUT2D eigenvalue weighted by Crippen LogP contribution is 2.18. The van der Waals surface area contributed by atoms with Crippen LogP contribution in [0.5, 0.6) is 0 Å². The molecule has 0 radical (unpaired) electrons. The minimum Gasteiger partial charge on any atom is -0.462 e. The van der Waals surface area contributed by atoms with Gasteiger partial charge in [0.25, 0.3) is 0 Å². The van der Waals surface area contributed by atoms with E-state index in [1.54, 1.807) is 13.0 Å². The molecule has 1 aromatic carbocycles. The molecular formula is C16H21NO3. The Bertz CT molecular complexity index is 465. The molecule has 0 atom stereocenters. The topological polar surface area (TPSA) is 46.6 Å². The van der Waals surface area contributed by atoms with Crippen LogP contribution in [0.15, 0.2) is 24.3 Å². The number of likely N-dealkylation sites (tertiary alicyclic amines) is 1. The molecule has 1 fully saturated rings. The number of aldehydes is 1. The van der Waals surface area contributed by atoms with Crippen LogP contribution in [-0.4, -0.2) is 36.9 Å². The van der Waals surface area contributed by atoms with Gasteiger partial charge < -0.3 is 9.53 Å². The first kappa shape index (κ1) is 14.7. The third-order valence-electron chi connectivity index (χ3n) is 3.67. The fourth-order valence-corrected chi connectivity index (χ4v) is 2.52. The Morgan fingerprint density at radius 2 is 2.15 bits per heavy atom. The van der Waals surface area contributed by atoms with Crippen LogP contribution in [0.1, 0.15) is 35.7 Å². The van der Waals surface area contributed by atoms with E-state index in [-0.39, 0.29) is 11.9 Å². The van der Waals surface area contributed by atoms with Gasteiger partial charge in [-0.15, -0.1) is 0 Å². The van der Waals surface area contributed by atoms with Gasteiger partial charge in [0.15, 0.2) is 0 Å². The molecule has 2 rings (SSSR count). The zero-order chi connectivity index (χ0) is 14.4. The summed E-state index contributed by atoms with van der Waals surface area (Å²) in [6, 6.07) is 7.58. The monoisotopic (exact) mass is 275 g/mol. The largest absolute Gasteiger partial charge is 0.462 e. The second-order valence-corrected chi connectivity index (χ2v) is 5.17. The van der Waals surface area contributed by atoms with E-state index < -0.39 is 0 Å². The number of carbonyl (C=O) groups is 2. The predicted octanol–water partition coefficient (Wildman–Crippen LogP) is 2.27. The second-order valence-electron chi connectivity index (χ2n) is 5.17. The molecule has 0 N–H and O–H groups in total. The van der Waals surface area contributed by atoms with Gasteiger partial charge in [0.2, 0.25) is 0 Å². The molecule has 4 heteroatoms. The number of rotatable bonds is 5. The Morgan fingerprint density at radius 1 is 1.40 bits per heavy atom. The van der Waals surface area contributed by atoms with Crippen molar-refractivity contribution >= 4 is 12.3 Å². The average molecular weight is 275 g/mol. The number of benzene rings is 1. The van der Waals surface area contributed by atoms with Gasteiger partial charge in [-0.05, 0) is 50.6 Å². The van der Waals surface area contributed by atoms with Crippen molar-refractivity contribution in [2.45, 2.75) is 26.3 Å². The number of piperidine rings is 1.